The predicted molar refractivity (Wildman–Crippen MR) is 77.3 cm³/mol. The lowest BCUT2D eigenvalue weighted by Gasteiger charge is -1.97. The van der Waals surface area contributed by atoms with Crippen LogP contribution in [-0.4, -0.2) is 4.98 Å². The van der Waals surface area contributed by atoms with Crippen LogP contribution in [0.2, 0.25) is 0 Å². The Hall–Kier alpha value is -2.61. The normalized spacial score (nSPS) is 10.9. The molecule has 1 aromatic heterocycles. The fourth-order valence-electron chi connectivity index (χ4n) is 1.86. The maximum absolute atomic E-state index is 5.26. The average molecular weight is 247 g/mol. The van der Waals surface area contributed by atoms with Gasteiger partial charge < -0.3 is 4.42 Å². The highest BCUT2D eigenvalue weighted by Gasteiger charge is 2.00. The topological polar surface area (TPSA) is 26.0 Å². The molecular weight excluding hydrogens is 234 g/mol. The number of oxazole rings is 1. The van der Waals surface area contributed by atoms with Crippen LogP contribution < -0.4 is 0 Å². The fraction of sp³-hybridized carbons (Fsp3) is 0. The summed E-state index contributed by atoms with van der Waals surface area (Å²) in [5.74, 6) is 0.651. The van der Waals surface area contributed by atoms with E-state index in [4.69, 9.17) is 4.42 Å². The van der Waals surface area contributed by atoms with Crippen molar-refractivity contribution < 1.29 is 4.42 Å². The van der Waals surface area contributed by atoms with Gasteiger partial charge in [0.25, 0.3) is 0 Å². The van der Waals surface area contributed by atoms with Crippen molar-refractivity contribution in [3.05, 3.63) is 78.2 Å². The maximum Gasteiger partial charge on any atom is 0.225 e. The molecule has 2 heteroatoms. The van der Waals surface area contributed by atoms with Gasteiger partial charge in [-0.2, -0.15) is 0 Å². The van der Waals surface area contributed by atoms with Gasteiger partial charge in [0, 0.05) is 5.56 Å². The summed E-state index contributed by atoms with van der Waals surface area (Å²) >= 11 is 0. The van der Waals surface area contributed by atoms with E-state index in [0.29, 0.717) is 5.89 Å². The number of hydrogen-bond donors (Lipinski definition) is 0. The van der Waals surface area contributed by atoms with Crippen molar-refractivity contribution in [1.29, 1.82) is 0 Å². The van der Waals surface area contributed by atoms with Crippen LogP contribution in [0, 0.1) is 0 Å². The second-order valence-electron chi connectivity index (χ2n) is 4.20. The van der Waals surface area contributed by atoms with Gasteiger partial charge in [0.15, 0.2) is 0 Å². The molecule has 0 aliphatic rings. The van der Waals surface area contributed by atoms with Crippen LogP contribution in [0.1, 0.15) is 11.1 Å². The summed E-state index contributed by atoms with van der Waals surface area (Å²) in [5.41, 5.74) is 3.33. The van der Waals surface area contributed by atoms with Crippen molar-refractivity contribution in [1.82, 2.24) is 4.98 Å². The maximum atomic E-state index is 5.26. The van der Waals surface area contributed by atoms with Gasteiger partial charge in [-0.1, -0.05) is 54.6 Å². The molecule has 0 aliphatic heterocycles. The molecule has 2 aromatic carbocycles. The van der Waals surface area contributed by atoms with Crippen molar-refractivity contribution in [2.45, 2.75) is 0 Å². The summed E-state index contributed by atoms with van der Waals surface area (Å²) in [5, 5.41) is 0. The van der Waals surface area contributed by atoms with Crippen LogP contribution in [0.4, 0.5) is 0 Å². The van der Waals surface area contributed by atoms with Crippen molar-refractivity contribution in [2.75, 3.05) is 0 Å². The molecule has 0 saturated heterocycles. The molecule has 0 spiro atoms. The van der Waals surface area contributed by atoms with E-state index in [0.717, 1.165) is 11.1 Å². The first-order chi connectivity index (χ1) is 9.42. The van der Waals surface area contributed by atoms with Gasteiger partial charge in [-0.25, -0.2) is 4.98 Å². The Morgan fingerprint density at radius 2 is 1.47 bits per heavy atom. The third-order valence-electron chi connectivity index (χ3n) is 2.86. The van der Waals surface area contributed by atoms with Crippen LogP contribution >= 0.6 is 0 Å². The lowest BCUT2D eigenvalue weighted by molar-refractivity contribution is 0.574. The predicted octanol–water partition coefficient (Wildman–Crippen LogP) is 4.51. The standard InChI is InChI=1S/C17H13NO/c1-2-4-14(5-3-1)6-7-15-8-10-16(11-9-15)17-18-12-13-19-17/h1-13H/b7-6-. The largest absolute Gasteiger partial charge is 0.445 e. The van der Waals surface area contributed by atoms with Crippen molar-refractivity contribution >= 4 is 12.2 Å². The lowest BCUT2D eigenvalue weighted by Crippen LogP contribution is -1.78. The Morgan fingerprint density at radius 3 is 2.11 bits per heavy atom. The highest BCUT2D eigenvalue weighted by atomic mass is 16.3. The minimum Gasteiger partial charge on any atom is -0.445 e. The fourth-order valence-corrected chi connectivity index (χ4v) is 1.86. The molecule has 0 amide bonds. The third kappa shape index (κ3) is 2.80. The Kier molecular flexibility index (Phi) is 3.24. The van der Waals surface area contributed by atoms with Crippen molar-refractivity contribution in [3.8, 4) is 11.5 Å². The van der Waals surface area contributed by atoms with Gasteiger partial charge in [0.1, 0.15) is 6.26 Å². The quantitative estimate of drug-likeness (QED) is 0.636. The van der Waals surface area contributed by atoms with E-state index in [1.807, 2.05) is 30.3 Å². The van der Waals surface area contributed by atoms with E-state index < -0.39 is 0 Å². The van der Waals surface area contributed by atoms with Gasteiger partial charge in [-0.3, -0.25) is 0 Å². The summed E-state index contributed by atoms with van der Waals surface area (Å²) < 4.78 is 5.26. The van der Waals surface area contributed by atoms with Gasteiger partial charge in [0.2, 0.25) is 5.89 Å². The summed E-state index contributed by atoms with van der Waals surface area (Å²) in [6.45, 7) is 0. The molecule has 19 heavy (non-hydrogen) atoms. The highest BCUT2D eigenvalue weighted by molar-refractivity contribution is 5.70. The zero-order valence-corrected chi connectivity index (χ0v) is 10.4. The zero-order chi connectivity index (χ0) is 12.9. The second-order valence-corrected chi connectivity index (χ2v) is 4.20. The molecule has 1 heterocycles. The second kappa shape index (κ2) is 5.36. The monoisotopic (exact) mass is 247 g/mol. The zero-order valence-electron chi connectivity index (χ0n) is 10.4. The molecule has 0 fully saturated rings. The molecule has 0 N–H and O–H groups in total. The molecule has 0 bridgehead atoms. The van der Waals surface area contributed by atoms with Crippen LogP contribution in [-0.2, 0) is 0 Å². The first-order valence-electron chi connectivity index (χ1n) is 6.15. The van der Waals surface area contributed by atoms with E-state index in [1.165, 1.54) is 5.56 Å². The van der Waals surface area contributed by atoms with Crippen molar-refractivity contribution in [2.24, 2.45) is 0 Å². The van der Waals surface area contributed by atoms with Crippen LogP contribution in [0.5, 0.6) is 0 Å². The van der Waals surface area contributed by atoms with Gasteiger partial charge in [0.05, 0.1) is 6.20 Å². The van der Waals surface area contributed by atoms with Crippen LogP contribution in [0.15, 0.2) is 71.5 Å². The molecule has 2 nitrogen and oxygen atoms in total. The molecular formula is C17H13NO. The number of rotatable bonds is 3. The summed E-state index contributed by atoms with van der Waals surface area (Å²) in [4.78, 5) is 4.13. The highest BCUT2D eigenvalue weighted by Crippen LogP contribution is 2.18. The summed E-state index contributed by atoms with van der Waals surface area (Å²) in [6, 6.07) is 18.4. The Morgan fingerprint density at radius 1 is 0.789 bits per heavy atom. The summed E-state index contributed by atoms with van der Waals surface area (Å²) in [6.07, 6.45) is 7.42. The Bertz CT molecular complexity index is 652. The minimum absolute atomic E-state index is 0.651. The molecule has 0 unspecified atom stereocenters. The lowest BCUT2D eigenvalue weighted by atomic mass is 10.1. The number of benzene rings is 2. The van der Waals surface area contributed by atoms with Crippen molar-refractivity contribution in [3.63, 3.8) is 0 Å². The van der Waals surface area contributed by atoms with E-state index in [1.54, 1.807) is 12.5 Å². The van der Waals surface area contributed by atoms with Crippen LogP contribution in [0.3, 0.4) is 0 Å². The molecule has 0 atom stereocenters. The summed E-state index contributed by atoms with van der Waals surface area (Å²) in [7, 11) is 0. The van der Waals surface area contributed by atoms with Gasteiger partial charge in [-0.15, -0.1) is 0 Å². The molecule has 3 rings (SSSR count). The van der Waals surface area contributed by atoms with E-state index in [2.05, 4.69) is 41.4 Å². The Labute approximate surface area is 112 Å². The minimum atomic E-state index is 0.651. The van der Waals surface area contributed by atoms with Crippen LogP contribution in [0.25, 0.3) is 23.6 Å². The Balaban J connectivity index is 1.78. The number of aromatic nitrogens is 1. The molecule has 0 aliphatic carbocycles. The number of hydrogen-bond acceptors (Lipinski definition) is 2. The average Bonchev–Trinajstić information content (AvgIpc) is 3.01. The van der Waals surface area contributed by atoms with Gasteiger partial charge >= 0.3 is 0 Å². The van der Waals surface area contributed by atoms with Gasteiger partial charge in [-0.05, 0) is 23.3 Å². The smallest absolute Gasteiger partial charge is 0.225 e. The molecule has 3 aromatic rings. The number of nitrogens with zero attached hydrogens (tertiary/aromatic N) is 1. The first-order valence-corrected chi connectivity index (χ1v) is 6.15. The SMILES string of the molecule is C(=C/c1ccc(-c2ncco2)cc1)/c1ccccc1. The van der Waals surface area contributed by atoms with E-state index in [-0.39, 0.29) is 0 Å². The first kappa shape index (κ1) is 11.5. The molecule has 0 radical (unpaired) electrons. The molecule has 0 saturated carbocycles. The van der Waals surface area contributed by atoms with E-state index >= 15 is 0 Å². The third-order valence-corrected chi connectivity index (χ3v) is 2.86. The van der Waals surface area contributed by atoms with E-state index in [9.17, 15) is 0 Å². The molecule has 92 valence electrons.